The van der Waals surface area contributed by atoms with Crippen LogP contribution in [0.15, 0.2) is 48.5 Å². The number of primary amides is 1. The molecule has 0 bridgehead atoms. The largest absolute Gasteiger partial charge is 0.364 e. The van der Waals surface area contributed by atoms with E-state index < -0.39 is 5.91 Å². The summed E-state index contributed by atoms with van der Waals surface area (Å²) < 4.78 is 0. The number of benzene rings is 2. The highest BCUT2D eigenvalue weighted by Crippen LogP contribution is 2.34. The van der Waals surface area contributed by atoms with Crippen LogP contribution in [0.3, 0.4) is 0 Å². The molecule has 21 heavy (non-hydrogen) atoms. The summed E-state index contributed by atoms with van der Waals surface area (Å²) in [7, 11) is 0. The Labute approximate surface area is 123 Å². The van der Waals surface area contributed by atoms with E-state index in [4.69, 9.17) is 5.73 Å². The molecule has 0 unspecified atom stereocenters. The number of carbonyl (C=O) groups is 1. The number of aryl methyl sites for hydroxylation is 1. The smallest absolute Gasteiger partial charge is 0.267 e. The van der Waals surface area contributed by atoms with Crippen LogP contribution >= 0.6 is 0 Å². The van der Waals surface area contributed by atoms with Crippen LogP contribution in [0.25, 0.3) is 22.0 Å². The molecule has 0 aliphatic rings. The van der Waals surface area contributed by atoms with E-state index in [0.29, 0.717) is 5.69 Å². The Morgan fingerprint density at radius 1 is 1.00 bits per heavy atom. The van der Waals surface area contributed by atoms with Crippen LogP contribution in [-0.2, 0) is 0 Å². The van der Waals surface area contributed by atoms with Crippen molar-refractivity contribution < 1.29 is 4.79 Å². The first-order valence-corrected chi connectivity index (χ1v) is 6.84. The van der Waals surface area contributed by atoms with Crippen molar-refractivity contribution in [3.8, 4) is 11.1 Å². The quantitative estimate of drug-likeness (QED) is 0.777. The number of pyridine rings is 1. The molecular formula is C18H16N2O. The fraction of sp³-hybridized carbons (Fsp3) is 0.111. The molecule has 0 atom stereocenters. The Hall–Kier alpha value is -2.68. The van der Waals surface area contributed by atoms with E-state index in [2.05, 4.69) is 18.0 Å². The number of amides is 1. The van der Waals surface area contributed by atoms with Crippen molar-refractivity contribution in [3.05, 3.63) is 65.4 Å². The van der Waals surface area contributed by atoms with Crippen molar-refractivity contribution >= 4 is 16.8 Å². The number of carbonyl (C=O) groups excluding carboxylic acids is 1. The predicted octanol–water partition coefficient (Wildman–Crippen LogP) is 3.62. The van der Waals surface area contributed by atoms with Crippen LogP contribution in [0.5, 0.6) is 0 Å². The fourth-order valence-corrected chi connectivity index (χ4v) is 2.79. The fourth-order valence-electron chi connectivity index (χ4n) is 2.79. The van der Waals surface area contributed by atoms with E-state index in [0.717, 1.165) is 33.2 Å². The van der Waals surface area contributed by atoms with Gasteiger partial charge >= 0.3 is 0 Å². The molecule has 0 saturated carbocycles. The van der Waals surface area contributed by atoms with Gasteiger partial charge in [0.2, 0.25) is 0 Å². The van der Waals surface area contributed by atoms with Crippen molar-refractivity contribution in [1.82, 2.24) is 4.98 Å². The average molecular weight is 276 g/mol. The molecule has 3 rings (SSSR count). The van der Waals surface area contributed by atoms with Gasteiger partial charge in [0.25, 0.3) is 5.91 Å². The third-order valence-corrected chi connectivity index (χ3v) is 3.76. The Morgan fingerprint density at radius 3 is 2.38 bits per heavy atom. The second kappa shape index (κ2) is 5.02. The molecule has 1 aromatic heterocycles. The highest BCUT2D eigenvalue weighted by atomic mass is 16.1. The summed E-state index contributed by atoms with van der Waals surface area (Å²) in [6.45, 7) is 3.96. The first-order valence-electron chi connectivity index (χ1n) is 6.84. The van der Waals surface area contributed by atoms with Gasteiger partial charge in [-0.05, 0) is 42.2 Å². The minimum atomic E-state index is -0.493. The van der Waals surface area contributed by atoms with Crippen LogP contribution in [-0.4, -0.2) is 10.9 Å². The van der Waals surface area contributed by atoms with Crippen molar-refractivity contribution in [2.24, 2.45) is 5.73 Å². The molecule has 1 heterocycles. The maximum Gasteiger partial charge on any atom is 0.267 e. The average Bonchev–Trinajstić information content (AvgIpc) is 2.48. The molecule has 1 amide bonds. The lowest BCUT2D eigenvalue weighted by atomic mass is 9.92. The normalized spacial score (nSPS) is 10.8. The van der Waals surface area contributed by atoms with E-state index in [9.17, 15) is 4.79 Å². The maximum absolute atomic E-state index is 11.7. The third-order valence-electron chi connectivity index (χ3n) is 3.76. The van der Waals surface area contributed by atoms with Crippen LogP contribution in [0.4, 0.5) is 0 Å². The number of nitrogens with zero attached hydrogens (tertiary/aromatic N) is 1. The summed E-state index contributed by atoms with van der Waals surface area (Å²) in [5.74, 6) is -0.493. The van der Waals surface area contributed by atoms with E-state index in [-0.39, 0.29) is 0 Å². The second-order valence-corrected chi connectivity index (χ2v) is 5.16. The molecular weight excluding hydrogens is 260 g/mol. The van der Waals surface area contributed by atoms with Crippen molar-refractivity contribution in [3.63, 3.8) is 0 Å². The van der Waals surface area contributed by atoms with Gasteiger partial charge in [0.1, 0.15) is 5.69 Å². The molecule has 3 nitrogen and oxygen atoms in total. The Kier molecular flexibility index (Phi) is 3.18. The highest BCUT2D eigenvalue weighted by molar-refractivity contribution is 6.04. The minimum Gasteiger partial charge on any atom is -0.364 e. The molecule has 0 saturated heterocycles. The van der Waals surface area contributed by atoms with Crippen molar-refractivity contribution in [1.29, 1.82) is 0 Å². The van der Waals surface area contributed by atoms with Crippen molar-refractivity contribution in [2.75, 3.05) is 0 Å². The minimum absolute atomic E-state index is 0.340. The highest BCUT2D eigenvalue weighted by Gasteiger charge is 2.17. The van der Waals surface area contributed by atoms with Gasteiger partial charge in [-0.3, -0.25) is 4.79 Å². The number of hydrogen-bond donors (Lipinski definition) is 1. The van der Waals surface area contributed by atoms with Crippen LogP contribution in [0, 0.1) is 13.8 Å². The topological polar surface area (TPSA) is 56.0 Å². The lowest BCUT2D eigenvalue weighted by Gasteiger charge is -2.15. The summed E-state index contributed by atoms with van der Waals surface area (Å²) in [5, 5.41) is 1.08. The zero-order chi connectivity index (χ0) is 15.0. The molecule has 2 aromatic carbocycles. The number of rotatable bonds is 2. The molecule has 0 radical (unpaired) electrons. The SMILES string of the molecule is Cc1c(C(N)=O)nc2cccc(C)c2c1-c1ccccc1. The zero-order valence-corrected chi connectivity index (χ0v) is 12.1. The lowest BCUT2D eigenvalue weighted by Crippen LogP contribution is -2.16. The van der Waals surface area contributed by atoms with E-state index in [1.807, 2.05) is 49.4 Å². The zero-order valence-electron chi connectivity index (χ0n) is 12.1. The summed E-state index contributed by atoms with van der Waals surface area (Å²) in [5.41, 5.74) is 10.7. The van der Waals surface area contributed by atoms with Gasteiger partial charge < -0.3 is 5.73 Å². The monoisotopic (exact) mass is 276 g/mol. The van der Waals surface area contributed by atoms with Gasteiger partial charge in [-0.1, -0.05) is 42.5 Å². The first-order chi connectivity index (χ1) is 10.1. The summed E-state index contributed by atoms with van der Waals surface area (Å²) in [6, 6.07) is 16.0. The second-order valence-electron chi connectivity index (χ2n) is 5.16. The summed E-state index contributed by atoms with van der Waals surface area (Å²) >= 11 is 0. The molecule has 3 heteroatoms. The summed E-state index contributed by atoms with van der Waals surface area (Å²) in [4.78, 5) is 16.1. The van der Waals surface area contributed by atoms with Crippen LogP contribution in [0.1, 0.15) is 21.6 Å². The molecule has 0 aliphatic heterocycles. The lowest BCUT2D eigenvalue weighted by molar-refractivity contribution is 0.0995. The Morgan fingerprint density at radius 2 is 1.71 bits per heavy atom. The van der Waals surface area contributed by atoms with Gasteiger partial charge in [0, 0.05) is 5.39 Å². The Bertz CT molecular complexity index is 839. The van der Waals surface area contributed by atoms with E-state index in [1.165, 1.54) is 0 Å². The standard InChI is InChI=1S/C18H16N2O/c1-11-7-6-10-14-15(11)16(13-8-4-3-5-9-13)12(2)17(20-14)18(19)21/h3-10H,1-2H3,(H2,19,21). The Balaban J connectivity index is 2.50. The van der Waals surface area contributed by atoms with Gasteiger partial charge in [-0.25, -0.2) is 4.98 Å². The van der Waals surface area contributed by atoms with E-state index in [1.54, 1.807) is 0 Å². The molecule has 104 valence electrons. The molecule has 0 spiro atoms. The van der Waals surface area contributed by atoms with Crippen LogP contribution in [0.2, 0.25) is 0 Å². The maximum atomic E-state index is 11.7. The number of aromatic nitrogens is 1. The molecule has 2 N–H and O–H groups in total. The number of hydrogen-bond acceptors (Lipinski definition) is 2. The van der Waals surface area contributed by atoms with Gasteiger partial charge in [-0.2, -0.15) is 0 Å². The van der Waals surface area contributed by atoms with Gasteiger partial charge in [0.05, 0.1) is 5.52 Å². The molecule has 3 aromatic rings. The van der Waals surface area contributed by atoms with Gasteiger partial charge in [-0.15, -0.1) is 0 Å². The first kappa shape index (κ1) is 13.3. The van der Waals surface area contributed by atoms with Crippen molar-refractivity contribution in [2.45, 2.75) is 13.8 Å². The summed E-state index contributed by atoms with van der Waals surface area (Å²) in [6.07, 6.45) is 0. The number of fused-ring (bicyclic) bond motifs is 1. The van der Waals surface area contributed by atoms with E-state index >= 15 is 0 Å². The van der Waals surface area contributed by atoms with Crippen LogP contribution < -0.4 is 5.73 Å². The third kappa shape index (κ3) is 2.17. The molecule has 0 aliphatic carbocycles. The molecule has 0 fully saturated rings. The number of nitrogens with two attached hydrogens (primary N) is 1. The van der Waals surface area contributed by atoms with Gasteiger partial charge in [0.15, 0.2) is 0 Å². The predicted molar refractivity (Wildman–Crippen MR) is 85.2 cm³/mol.